The third-order valence-corrected chi connectivity index (χ3v) is 3.66. The topological polar surface area (TPSA) is 88.5 Å². The number of nitrogens with zero attached hydrogens (tertiary/aromatic N) is 1. The van der Waals surface area contributed by atoms with Gasteiger partial charge in [0, 0.05) is 6.20 Å². The Labute approximate surface area is 117 Å². The Kier molecular flexibility index (Phi) is 4.22. The first-order valence-electron chi connectivity index (χ1n) is 6.63. The summed E-state index contributed by atoms with van der Waals surface area (Å²) < 4.78 is 4.64. The molecule has 6 heteroatoms. The summed E-state index contributed by atoms with van der Waals surface area (Å²) in [7, 11) is 1.30. The zero-order chi connectivity index (χ0) is 14.6. The highest BCUT2D eigenvalue weighted by molar-refractivity contribution is 5.90. The maximum atomic E-state index is 11.6. The third kappa shape index (κ3) is 2.89. The standard InChI is InChI=1S/C14H18N2O4/c1-20-12(17)10-5-8-15-11(9-10)16-14(13(18)19)6-3-2-4-7-14/h5,8-9H,2-4,6-7H2,1H3,(H,15,16)(H,18,19). The first-order chi connectivity index (χ1) is 9.57. The minimum atomic E-state index is -0.986. The number of hydrogen-bond donors (Lipinski definition) is 2. The van der Waals surface area contributed by atoms with E-state index in [0.717, 1.165) is 19.3 Å². The average Bonchev–Trinajstić information content (AvgIpc) is 2.47. The van der Waals surface area contributed by atoms with Gasteiger partial charge in [0.2, 0.25) is 0 Å². The second-order valence-electron chi connectivity index (χ2n) is 4.99. The van der Waals surface area contributed by atoms with Crippen LogP contribution in [0.4, 0.5) is 5.82 Å². The summed E-state index contributed by atoms with van der Waals surface area (Å²) in [6.07, 6.45) is 5.38. The number of esters is 1. The van der Waals surface area contributed by atoms with Crippen LogP contribution >= 0.6 is 0 Å². The number of carboxylic acid groups (broad SMARTS) is 1. The molecule has 1 saturated carbocycles. The van der Waals surface area contributed by atoms with Crippen molar-refractivity contribution < 1.29 is 19.4 Å². The molecule has 0 aliphatic heterocycles. The molecule has 0 radical (unpaired) electrons. The summed E-state index contributed by atoms with van der Waals surface area (Å²) in [5.74, 6) is -0.955. The molecule has 6 nitrogen and oxygen atoms in total. The summed E-state index contributed by atoms with van der Waals surface area (Å²) in [5.41, 5.74) is -0.638. The molecule has 0 unspecified atom stereocenters. The van der Waals surface area contributed by atoms with Crippen molar-refractivity contribution in [3.8, 4) is 0 Å². The van der Waals surface area contributed by atoms with Crippen molar-refractivity contribution >= 4 is 17.8 Å². The number of carbonyl (C=O) groups is 2. The molecule has 0 spiro atoms. The van der Waals surface area contributed by atoms with Crippen LogP contribution in [0, 0.1) is 0 Å². The first kappa shape index (κ1) is 14.3. The number of anilines is 1. The fraction of sp³-hybridized carbons (Fsp3) is 0.500. The zero-order valence-electron chi connectivity index (χ0n) is 11.4. The van der Waals surface area contributed by atoms with Gasteiger partial charge in [0.1, 0.15) is 11.4 Å². The third-order valence-electron chi connectivity index (χ3n) is 3.66. The van der Waals surface area contributed by atoms with Gasteiger partial charge in [0.25, 0.3) is 0 Å². The highest BCUT2D eigenvalue weighted by Crippen LogP contribution is 2.31. The number of carbonyl (C=O) groups excluding carboxylic acids is 1. The molecule has 1 aromatic heterocycles. The van der Waals surface area contributed by atoms with E-state index in [1.54, 1.807) is 0 Å². The fourth-order valence-electron chi connectivity index (χ4n) is 2.54. The molecule has 2 N–H and O–H groups in total. The lowest BCUT2D eigenvalue weighted by Gasteiger charge is -2.34. The van der Waals surface area contributed by atoms with Crippen LogP contribution in [0.5, 0.6) is 0 Å². The summed E-state index contributed by atoms with van der Waals surface area (Å²) in [6, 6.07) is 3.05. The number of carboxylic acids is 1. The van der Waals surface area contributed by atoms with Crippen LogP contribution in [-0.2, 0) is 9.53 Å². The van der Waals surface area contributed by atoms with Crippen LogP contribution in [0.3, 0.4) is 0 Å². The van der Waals surface area contributed by atoms with E-state index >= 15 is 0 Å². The van der Waals surface area contributed by atoms with Crippen molar-refractivity contribution in [3.05, 3.63) is 23.9 Å². The van der Waals surface area contributed by atoms with Crippen LogP contribution in [0.25, 0.3) is 0 Å². The van der Waals surface area contributed by atoms with Crippen molar-refractivity contribution in [2.45, 2.75) is 37.6 Å². The molecule has 0 atom stereocenters. The highest BCUT2D eigenvalue weighted by atomic mass is 16.5. The number of rotatable bonds is 4. The molecule has 1 heterocycles. The largest absolute Gasteiger partial charge is 0.480 e. The summed E-state index contributed by atoms with van der Waals surface area (Å²) in [5, 5.41) is 12.5. The number of hydrogen-bond acceptors (Lipinski definition) is 5. The molecule has 0 amide bonds. The predicted molar refractivity (Wildman–Crippen MR) is 72.7 cm³/mol. The van der Waals surface area contributed by atoms with Crippen molar-refractivity contribution in [2.24, 2.45) is 0 Å². The number of aromatic nitrogens is 1. The van der Waals surface area contributed by atoms with Crippen molar-refractivity contribution in [1.29, 1.82) is 0 Å². The number of pyridine rings is 1. The van der Waals surface area contributed by atoms with E-state index in [9.17, 15) is 14.7 Å². The van der Waals surface area contributed by atoms with Gasteiger partial charge in [0.05, 0.1) is 12.7 Å². The lowest BCUT2D eigenvalue weighted by molar-refractivity contribution is -0.143. The Morgan fingerprint density at radius 2 is 2.05 bits per heavy atom. The minimum Gasteiger partial charge on any atom is -0.480 e. The van der Waals surface area contributed by atoms with E-state index in [1.807, 2.05) is 0 Å². The molecule has 1 fully saturated rings. The maximum absolute atomic E-state index is 11.6. The monoisotopic (exact) mass is 278 g/mol. The molecule has 2 rings (SSSR count). The zero-order valence-corrected chi connectivity index (χ0v) is 11.4. The fourth-order valence-corrected chi connectivity index (χ4v) is 2.54. The number of aliphatic carboxylic acids is 1. The SMILES string of the molecule is COC(=O)c1ccnc(NC2(C(=O)O)CCCCC2)c1. The van der Waals surface area contributed by atoms with Crippen molar-refractivity contribution in [2.75, 3.05) is 12.4 Å². The van der Waals surface area contributed by atoms with Crippen LogP contribution in [0.15, 0.2) is 18.3 Å². The van der Waals surface area contributed by atoms with E-state index < -0.39 is 17.5 Å². The van der Waals surface area contributed by atoms with Gasteiger partial charge >= 0.3 is 11.9 Å². The van der Waals surface area contributed by atoms with E-state index in [-0.39, 0.29) is 0 Å². The van der Waals surface area contributed by atoms with Crippen LogP contribution in [0.2, 0.25) is 0 Å². The van der Waals surface area contributed by atoms with Gasteiger partial charge in [-0.1, -0.05) is 19.3 Å². The number of methoxy groups -OCH3 is 1. The molecular formula is C14H18N2O4. The van der Waals surface area contributed by atoms with Gasteiger partial charge in [-0.25, -0.2) is 14.6 Å². The number of ether oxygens (including phenoxy) is 1. The molecule has 1 aromatic rings. The van der Waals surface area contributed by atoms with E-state index in [2.05, 4.69) is 15.0 Å². The molecule has 1 aliphatic rings. The molecule has 0 bridgehead atoms. The highest BCUT2D eigenvalue weighted by Gasteiger charge is 2.39. The molecule has 0 aromatic carbocycles. The average molecular weight is 278 g/mol. The predicted octanol–water partition coefficient (Wildman–Crippen LogP) is 2.07. The Balaban J connectivity index is 2.23. The van der Waals surface area contributed by atoms with Crippen LogP contribution in [0.1, 0.15) is 42.5 Å². The molecular weight excluding hydrogens is 260 g/mol. The van der Waals surface area contributed by atoms with E-state index in [4.69, 9.17) is 0 Å². The van der Waals surface area contributed by atoms with Crippen LogP contribution in [-0.4, -0.2) is 34.7 Å². The van der Waals surface area contributed by atoms with Gasteiger partial charge in [-0.15, -0.1) is 0 Å². The lowest BCUT2D eigenvalue weighted by Crippen LogP contribution is -2.48. The summed E-state index contributed by atoms with van der Waals surface area (Å²) in [4.78, 5) is 27.1. The smallest absolute Gasteiger partial charge is 0.338 e. The van der Waals surface area contributed by atoms with E-state index in [1.165, 1.54) is 25.4 Å². The van der Waals surface area contributed by atoms with Crippen molar-refractivity contribution in [3.63, 3.8) is 0 Å². The van der Waals surface area contributed by atoms with E-state index in [0.29, 0.717) is 24.2 Å². The first-order valence-corrected chi connectivity index (χ1v) is 6.63. The molecule has 108 valence electrons. The molecule has 0 saturated heterocycles. The van der Waals surface area contributed by atoms with Gasteiger partial charge in [0.15, 0.2) is 0 Å². The maximum Gasteiger partial charge on any atom is 0.338 e. The number of nitrogens with one attached hydrogen (secondary N) is 1. The lowest BCUT2D eigenvalue weighted by atomic mass is 9.81. The quantitative estimate of drug-likeness (QED) is 0.820. The Morgan fingerprint density at radius 3 is 2.65 bits per heavy atom. The Bertz CT molecular complexity index is 510. The second-order valence-corrected chi connectivity index (χ2v) is 4.99. The van der Waals surface area contributed by atoms with Gasteiger partial charge in [-0.3, -0.25) is 0 Å². The minimum absolute atomic E-state index is 0.348. The Morgan fingerprint density at radius 1 is 1.35 bits per heavy atom. The molecule has 20 heavy (non-hydrogen) atoms. The van der Waals surface area contributed by atoms with Gasteiger partial charge in [-0.2, -0.15) is 0 Å². The Hall–Kier alpha value is -2.11. The molecule has 1 aliphatic carbocycles. The summed E-state index contributed by atoms with van der Waals surface area (Å²) >= 11 is 0. The van der Waals surface area contributed by atoms with Crippen LogP contribution < -0.4 is 5.32 Å². The second kappa shape index (κ2) is 5.90. The van der Waals surface area contributed by atoms with Gasteiger partial charge < -0.3 is 15.2 Å². The van der Waals surface area contributed by atoms with Crippen molar-refractivity contribution in [1.82, 2.24) is 4.98 Å². The van der Waals surface area contributed by atoms with Gasteiger partial charge in [-0.05, 0) is 25.0 Å². The summed E-state index contributed by atoms with van der Waals surface area (Å²) in [6.45, 7) is 0. The normalized spacial score (nSPS) is 17.2.